The van der Waals surface area contributed by atoms with Crippen molar-refractivity contribution in [2.75, 3.05) is 25.6 Å². The van der Waals surface area contributed by atoms with Gasteiger partial charge in [0.2, 0.25) is 0 Å². The van der Waals surface area contributed by atoms with Crippen LogP contribution in [0.5, 0.6) is 0 Å². The van der Waals surface area contributed by atoms with Gasteiger partial charge in [0.05, 0.1) is 13.2 Å². The summed E-state index contributed by atoms with van der Waals surface area (Å²) in [6.45, 7) is 6.87. The van der Waals surface area contributed by atoms with Gasteiger partial charge in [0.1, 0.15) is 30.7 Å². The van der Waals surface area contributed by atoms with E-state index in [0.29, 0.717) is 12.8 Å². The highest BCUT2D eigenvalue weighted by atomic mass is 31.3. The Kier molecular flexibility index (Phi) is 36.7. The highest BCUT2D eigenvalue weighted by Gasteiger charge is 2.46. The molecule has 426 valence electrons. The summed E-state index contributed by atoms with van der Waals surface area (Å²) in [6.07, 6.45) is 30.4. The molecule has 0 aromatic carbocycles. The highest BCUT2D eigenvalue weighted by Crippen LogP contribution is 2.60. The molecule has 1 fully saturated rings. The van der Waals surface area contributed by atoms with E-state index in [2.05, 4.69) is 37.0 Å². The average molecular weight is 1080 g/mol. The smallest absolute Gasteiger partial charge is 0.462 e. The Bertz CT molecular complexity index is 1750. The summed E-state index contributed by atoms with van der Waals surface area (Å²) in [5.41, 5.74) is 4.60. The first kappa shape index (κ1) is 66.9. The Morgan fingerprint density at radius 2 is 1.01 bits per heavy atom. The lowest BCUT2D eigenvalue weighted by Gasteiger charge is -2.21. The topological polar surface area (TPSA) is 265 Å². The molecule has 0 spiro atoms. The molecular formula is C53H99N3O15P2. The molecule has 2 rings (SSSR count). The third-order valence-electron chi connectivity index (χ3n) is 13.3. The van der Waals surface area contributed by atoms with Crippen molar-refractivity contribution in [3.05, 3.63) is 22.7 Å². The minimum absolute atomic E-state index is 0.0573. The minimum atomic E-state index is -5.42. The van der Waals surface area contributed by atoms with E-state index in [0.717, 1.165) is 67.8 Å². The molecule has 7 atom stereocenters. The molecule has 1 aromatic heterocycles. The molecule has 20 heteroatoms. The number of hydrogen-bond donors (Lipinski definition) is 5. The predicted molar refractivity (Wildman–Crippen MR) is 284 cm³/mol. The third-order valence-corrected chi connectivity index (χ3v) is 15.9. The molecule has 0 bridgehead atoms. The van der Waals surface area contributed by atoms with Crippen LogP contribution in [0.4, 0.5) is 5.82 Å². The first-order valence-corrected chi connectivity index (χ1v) is 31.3. The first-order valence-electron chi connectivity index (χ1n) is 28.3. The van der Waals surface area contributed by atoms with Crippen molar-refractivity contribution in [3.8, 4) is 0 Å². The molecule has 6 N–H and O–H groups in total. The Morgan fingerprint density at radius 1 is 0.616 bits per heavy atom. The molecule has 0 amide bonds. The molecule has 2 heterocycles. The van der Waals surface area contributed by atoms with Gasteiger partial charge in [-0.05, 0) is 30.7 Å². The maximum Gasteiger partial charge on any atom is 0.481 e. The van der Waals surface area contributed by atoms with Crippen molar-refractivity contribution in [3.63, 3.8) is 0 Å². The van der Waals surface area contributed by atoms with Crippen molar-refractivity contribution in [2.24, 2.45) is 11.8 Å². The summed E-state index contributed by atoms with van der Waals surface area (Å²) >= 11 is 0. The number of aliphatic hydroxyl groups is 2. The van der Waals surface area contributed by atoms with E-state index in [-0.39, 0.29) is 18.7 Å². The average Bonchev–Trinajstić information content (AvgIpc) is 3.60. The van der Waals surface area contributed by atoms with Crippen LogP contribution in [0.1, 0.15) is 246 Å². The van der Waals surface area contributed by atoms with Crippen LogP contribution in [0.3, 0.4) is 0 Å². The summed E-state index contributed by atoms with van der Waals surface area (Å²) in [5, 5.41) is 20.9. The summed E-state index contributed by atoms with van der Waals surface area (Å²) in [7, 11) is -10.8. The number of esters is 2. The second-order valence-corrected chi connectivity index (χ2v) is 24.2. The van der Waals surface area contributed by atoms with Gasteiger partial charge in [-0.3, -0.25) is 23.2 Å². The number of aliphatic hydroxyl groups excluding tert-OH is 2. The quantitative estimate of drug-likeness (QED) is 0.0231. The molecule has 1 aliphatic heterocycles. The maximum atomic E-state index is 12.9. The van der Waals surface area contributed by atoms with Gasteiger partial charge in [-0.1, -0.05) is 214 Å². The van der Waals surface area contributed by atoms with Gasteiger partial charge in [-0.2, -0.15) is 9.29 Å². The van der Waals surface area contributed by atoms with Crippen LogP contribution in [0, 0.1) is 11.8 Å². The molecule has 73 heavy (non-hydrogen) atoms. The number of anilines is 1. The second-order valence-electron chi connectivity index (χ2n) is 21.1. The standard InChI is InChI=1S/C53H99N3O15P2/c1-43(2)34-30-26-22-18-14-10-6-5-7-12-16-20-24-28-32-36-48(57)66-40-45(69-49(58)37-33-29-25-21-17-13-9-8-11-15-19-23-27-31-35-44(3)4)41-67-72(62,63)71-73(64,65)68-42-46-50(59)51(60)52(70-46)56-39-38-47(54)55-53(56)61/h38-39,43-46,50-52,59-60H,5-37,40-42H2,1-4H3,(H,62,63)(H,64,65)(H2,54,55,61)/t45-,46-,50+,51?,52-/m1/s1. The fraction of sp³-hybridized carbons (Fsp3) is 0.887. The largest absolute Gasteiger partial charge is 0.481 e. The maximum absolute atomic E-state index is 12.9. The number of phosphoric ester groups is 2. The van der Waals surface area contributed by atoms with Crippen LogP contribution in [0.2, 0.25) is 0 Å². The predicted octanol–water partition coefficient (Wildman–Crippen LogP) is 12.3. The molecule has 1 saturated heterocycles. The molecule has 1 aromatic rings. The highest BCUT2D eigenvalue weighted by molar-refractivity contribution is 7.61. The number of carbonyl (C=O) groups is 2. The zero-order chi connectivity index (χ0) is 53.7. The Labute approximate surface area is 438 Å². The lowest BCUT2D eigenvalue weighted by molar-refractivity contribution is -0.161. The van der Waals surface area contributed by atoms with Crippen molar-refractivity contribution in [1.82, 2.24) is 9.55 Å². The Morgan fingerprint density at radius 3 is 1.44 bits per heavy atom. The summed E-state index contributed by atoms with van der Waals surface area (Å²) < 4.78 is 57.0. The van der Waals surface area contributed by atoms with E-state index in [1.54, 1.807) is 0 Å². The molecule has 0 saturated carbocycles. The van der Waals surface area contributed by atoms with E-state index >= 15 is 0 Å². The lowest BCUT2D eigenvalue weighted by atomic mass is 10.0. The zero-order valence-electron chi connectivity index (χ0n) is 45.3. The number of nitrogens with zero attached hydrogens (tertiary/aromatic N) is 2. The fourth-order valence-corrected chi connectivity index (χ4v) is 11.0. The normalized spacial score (nSPS) is 19.0. The Hall–Kier alpha value is -2.24. The van der Waals surface area contributed by atoms with Crippen molar-refractivity contribution < 1.29 is 66.3 Å². The number of unbranched alkanes of at least 4 members (excludes halogenated alkanes) is 27. The lowest BCUT2D eigenvalue weighted by Crippen LogP contribution is -2.36. The third kappa shape index (κ3) is 34.2. The monoisotopic (exact) mass is 1080 g/mol. The SMILES string of the molecule is CC(C)CCCCCCCCCCCCCCCCCC(=O)OC[C@H](COP(=O)(O)OP(=O)(O)OC[C@H]1O[C@@H](n2ccc(N)nc2=O)C(O)[C@H]1O)OC(=O)CCCCCCCCCCCCCCCCC(C)C. The van der Waals surface area contributed by atoms with E-state index in [1.807, 2.05) is 0 Å². The van der Waals surface area contributed by atoms with Gasteiger partial charge in [0.25, 0.3) is 0 Å². The molecule has 0 radical (unpaired) electrons. The van der Waals surface area contributed by atoms with E-state index in [4.69, 9.17) is 29.0 Å². The Balaban J connectivity index is 1.75. The van der Waals surface area contributed by atoms with Crippen LogP contribution in [-0.2, 0) is 46.3 Å². The van der Waals surface area contributed by atoms with Crippen LogP contribution in [-0.4, -0.2) is 85.7 Å². The van der Waals surface area contributed by atoms with Crippen LogP contribution < -0.4 is 11.4 Å². The van der Waals surface area contributed by atoms with Gasteiger partial charge in [-0.15, -0.1) is 0 Å². The summed E-state index contributed by atoms with van der Waals surface area (Å²) in [6, 6.07) is 1.25. The van der Waals surface area contributed by atoms with Crippen LogP contribution in [0.15, 0.2) is 17.1 Å². The number of hydrogen-bond acceptors (Lipinski definition) is 15. The molecule has 3 unspecified atom stereocenters. The molecular weight excluding hydrogens is 981 g/mol. The van der Waals surface area contributed by atoms with Crippen molar-refractivity contribution >= 4 is 33.4 Å². The second kappa shape index (κ2) is 40.0. The number of ether oxygens (including phenoxy) is 3. The molecule has 0 aliphatic carbocycles. The fourth-order valence-electron chi connectivity index (χ4n) is 8.92. The number of rotatable bonds is 47. The number of carbonyl (C=O) groups excluding carboxylic acids is 2. The molecule has 1 aliphatic rings. The van der Waals surface area contributed by atoms with Gasteiger partial charge in [0.15, 0.2) is 12.3 Å². The van der Waals surface area contributed by atoms with E-state index in [9.17, 15) is 43.5 Å². The number of aromatic nitrogens is 2. The van der Waals surface area contributed by atoms with Gasteiger partial charge in [0, 0.05) is 19.0 Å². The zero-order valence-corrected chi connectivity index (χ0v) is 47.1. The summed E-state index contributed by atoms with van der Waals surface area (Å²) in [4.78, 5) is 62.1. The van der Waals surface area contributed by atoms with Gasteiger partial charge < -0.3 is 39.9 Å². The number of nitrogen functional groups attached to an aromatic ring is 1. The van der Waals surface area contributed by atoms with E-state index in [1.165, 1.54) is 147 Å². The van der Waals surface area contributed by atoms with Crippen LogP contribution >= 0.6 is 15.6 Å². The number of phosphoric acid groups is 2. The van der Waals surface area contributed by atoms with Crippen LogP contribution in [0.25, 0.3) is 0 Å². The molecule has 18 nitrogen and oxygen atoms in total. The summed E-state index contributed by atoms with van der Waals surface area (Å²) in [5.74, 6) is 0.326. The van der Waals surface area contributed by atoms with Gasteiger partial charge in [-0.25, -0.2) is 13.9 Å². The van der Waals surface area contributed by atoms with Crippen molar-refractivity contribution in [1.29, 1.82) is 0 Å². The minimum Gasteiger partial charge on any atom is -0.462 e. The van der Waals surface area contributed by atoms with E-state index < -0.39 is 83.7 Å². The number of nitrogens with two attached hydrogens (primary N) is 1. The van der Waals surface area contributed by atoms with Gasteiger partial charge >= 0.3 is 33.3 Å². The van der Waals surface area contributed by atoms with Crippen molar-refractivity contribution in [2.45, 2.75) is 270 Å². The first-order chi connectivity index (χ1) is 34.9.